The van der Waals surface area contributed by atoms with Crippen LogP contribution in [0.15, 0.2) is 76.4 Å². The summed E-state index contributed by atoms with van der Waals surface area (Å²) in [6.07, 6.45) is 7.07. The maximum absolute atomic E-state index is 13.0. The molecular formula is C27H26F2N7O2+. The highest BCUT2D eigenvalue weighted by atomic mass is 19.3. The van der Waals surface area contributed by atoms with Crippen molar-refractivity contribution in [2.75, 3.05) is 11.9 Å². The van der Waals surface area contributed by atoms with Crippen molar-refractivity contribution in [1.82, 2.24) is 9.88 Å². The summed E-state index contributed by atoms with van der Waals surface area (Å²) in [5.74, 6) is 7.27. The van der Waals surface area contributed by atoms with Gasteiger partial charge in [0, 0.05) is 42.2 Å². The van der Waals surface area contributed by atoms with Crippen LogP contribution in [0, 0.1) is 5.92 Å². The zero-order chi connectivity index (χ0) is 26.4. The molecule has 0 aliphatic carbocycles. The van der Waals surface area contributed by atoms with E-state index in [2.05, 4.69) is 15.3 Å². The number of benzene rings is 1. The van der Waals surface area contributed by atoms with Gasteiger partial charge in [0.15, 0.2) is 0 Å². The third kappa shape index (κ3) is 4.13. The Morgan fingerprint density at radius 3 is 2.76 bits per heavy atom. The number of alkyl halides is 2. The molecule has 0 radical (unpaired) electrons. The Bertz CT molecular complexity index is 1430. The van der Waals surface area contributed by atoms with Crippen LogP contribution in [-0.4, -0.2) is 50.9 Å². The third-order valence-corrected chi connectivity index (χ3v) is 7.61. The number of hydrogen-bond acceptors (Lipinski definition) is 6. The second-order valence-corrected chi connectivity index (χ2v) is 9.88. The van der Waals surface area contributed by atoms with E-state index in [1.54, 1.807) is 42.9 Å². The molecule has 0 bridgehead atoms. The molecule has 6 rings (SSSR count). The van der Waals surface area contributed by atoms with Gasteiger partial charge in [-0.2, -0.15) is 10.8 Å². The number of fused-ring (bicyclic) bond motifs is 2. The number of quaternary nitrogens is 1. The van der Waals surface area contributed by atoms with Crippen molar-refractivity contribution in [2.45, 2.75) is 38.2 Å². The Labute approximate surface area is 217 Å². The fraction of sp³-hybridized carbons (Fsp3) is 0.296. The smallest absolute Gasteiger partial charge is 0.264 e. The van der Waals surface area contributed by atoms with Crippen molar-refractivity contribution in [3.05, 3.63) is 83.1 Å². The van der Waals surface area contributed by atoms with E-state index in [0.717, 1.165) is 42.3 Å². The van der Waals surface area contributed by atoms with Gasteiger partial charge in [0.2, 0.25) is 11.6 Å². The van der Waals surface area contributed by atoms with E-state index >= 15 is 0 Å². The highest BCUT2D eigenvalue weighted by Crippen LogP contribution is 2.40. The average molecular weight is 519 g/mol. The van der Waals surface area contributed by atoms with E-state index < -0.39 is 12.3 Å². The van der Waals surface area contributed by atoms with E-state index in [1.165, 1.54) is 12.3 Å². The Hall–Kier alpha value is -4.09. The first-order valence-electron chi connectivity index (χ1n) is 12.5. The molecule has 3 N–H and O–H groups in total. The number of carbonyl (C=O) groups excluding carboxylic acids is 2. The molecular weight excluding hydrogens is 492 g/mol. The summed E-state index contributed by atoms with van der Waals surface area (Å²) in [4.78, 5) is 40.3. The number of amidine groups is 1. The summed E-state index contributed by atoms with van der Waals surface area (Å²) in [7, 11) is 0. The first-order valence-corrected chi connectivity index (χ1v) is 12.5. The number of hydrogen-bond donors (Lipinski definition) is 2. The molecule has 194 valence electrons. The van der Waals surface area contributed by atoms with E-state index in [4.69, 9.17) is 10.8 Å². The number of rotatable bonds is 5. The highest BCUT2D eigenvalue weighted by Gasteiger charge is 2.47. The van der Waals surface area contributed by atoms with Crippen LogP contribution < -0.4 is 11.2 Å². The van der Waals surface area contributed by atoms with Gasteiger partial charge in [-0.3, -0.25) is 14.6 Å². The van der Waals surface area contributed by atoms with Gasteiger partial charge in [-0.05, 0) is 55.7 Å². The highest BCUT2D eigenvalue weighted by molar-refractivity contribution is 6.05. The lowest BCUT2D eigenvalue weighted by atomic mass is 9.90. The van der Waals surface area contributed by atoms with Gasteiger partial charge in [0.05, 0.1) is 18.0 Å². The average Bonchev–Trinajstić information content (AvgIpc) is 3.45. The van der Waals surface area contributed by atoms with Crippen LogP contribution in [0.3, 0.4) is 0 Å². The fourth-order valence-corrected chi connectivity index (χ4v) is 5.61. The monoisotopic (exact) mass is 518 g/mol. The molecule has 1 aromatic heterocycles. The fourth-order valence-electron chi connectivity index (χ4n) is 5.61. The second kappa shape index (κ2) is 9.34. The van der Waals surface area contributed by atoms with Gasteiger partial charge < -0.3 is 10.2 Å². The normalized spacial score (nSPS) is 26.1. The molecule has 9 nitrogen and oxygen atoms in total. The summed E-state index contributed by atoms with van der Waals surface area (Å²) in [5.41, 5.74) is 2.43. The number of allylic oxidation sites excluding steroid dienone is 1. The maximum Gasteiger partial charge on any atom is 0.264 e. The number of nitrogens with one attached hydrogen (secondary N) is 1. The minimum atomic E-state index is -2.66. The molecule has 11 heteroatoms. The van der Waals surface area contributed by atoms with E-state index in [0.29, 0.717) is 30.4 Å². The van der Waals surface area contributed by atoms with Crippen molar-refractivity contribution in [2.24, 2.45) is 21.7 Å². The lowest BCUT2D eigenvalue weighted by Crippen LogP contribution is -2.53. The van der Waals surface area contributed by atoms with E-state index in [9.17, 15) is 18.4 Å². The molecule has 5 heterocycles. The molecule has 2 saturated heterocycles. The van der Waals surface area contributed by atoms with Gasteiger partial charge >= 0.3 is 0 Å². The third-order valence-electron chi connectivity index (χ3n) is 7.61. The summed E-state index contributed by atoms with van der Waals surface area (Å²) in [6.45, 7) is 0.622. The molecule has 3 atom stereocenters. The number of piperidine rings is 1. The van der Waals surface area contributed by atoms with Crippen molar-refractivity contribution in [3.63, 3.8) is 0 Å². The Balaban J connectivity index is 1.25. The molecule has 1 unspecified atom stereocenters. The lowest BCUT2D eigenvalue weighted by Gasteiger charge is -2.35. The Kier molecular flexibility index (Phi) is 5.96. The molecule has 0 spiro atoms. The SMILES string of the molecule is N[N+]12C=CN=CC1=C([C@@H]1CC[C@H]3CCC(=O)N3C1)N=C2c1ccc(C(=O)Nc2cc(C(F)F)ccn2)cc1. The van der Waals surface area contributed by atoms with Crippen LogP contribution in [0.1, 0.15) is 53.6 Å². The van der Waals surface area contributed by atoms with Gasteiger partial charge in [-0.1, -0.05) is 0 Å². The molecule has 0 saturated carbocycles. The molecule has 2 amide bonds. The first-order chi connectivity index (χ1) is 18.3. The molecule has 2 aromatic rings. The van der Waals surface area contributed by atoms with Crippen molar-refractivity contribution in [1.29, 1.82) is 0 Å². The van der Waals surface area contributed by atoms with E-state index in [1.807, 2.05) is 4.90 Å². The second-order valence-electron chi connectivity index (χ2n) is 9.88. The Morgan fingerprint density at radius 1 is 1.16 bits per heavy atom. The summed E-state index contributed by atoms with van der Waals surface area (Å²) in [5, 5.41) is 2.56. The first kappa shape index (κ1) is 24.3. The number of carbonyl (C=O) groups is 2. The van der Waals surface area contributed by atoms with Crippen LogP contribution in [0.25, 0.3) is 0 Å². The number of anilines is 1. The predicted octanol–water partition coefficient (Wildman–Crippen LogP) is 3.89. The van der Waals surface area contributed by atoms with Gasteiger partial charge in [0.1, 0.15) is 17.7 Å². The molecule has 38 heavy (non-hydrogen) atoms. The number of amides is 2. The zero-order valence-electron chi connectivity index (χ0n) is 20.4. The minimum absolute atomic E-state index is 0.0472. The Morgan fingerprint density at radius 2 is 1.97 bits per heavy atom. The summed E-state index contributed by atoms with van der Waals surface area (Å²) < 4.78 is 25.8. The standard InChI is InChI=1S/C27H25F2N7O2/c28-25(29)18-9-10-32-22(13-18)33-27(38)17-3-1-16(2-4-17)26-34-24(21-14-31-11-12-36(21,26)30)19-5-6-20-7-8-23(37)35(20)15-19/h1-4,9-14,19-20,25H,5-8,15,30H2/p+1/t19-,20+,36?/m1/s1. The van der Waals surface area contributed by atoms with Crippen LogP contribution in [0.5, 0.6) is 0 Å². The summed E-state index contributed by atoms with van der Waals surface area (Å²) in [6, 6.07) is 9.43. The topological polar surface area (TPSA) is 113 Å². The maximum atomic E-state index is 13.0. The van der Waals surface area contributed by atoms with Crippen molar-refractivity contribution < 1.29 is 23.0 Å². The molecule has 4 aliphatic heterocycles. The number of nitrogens with two attached hydrogens (primary N) is 1. The quantitative estimate of drug-likeness (QED) is 0.462. The van der Waals surface area contributed by atoms with Crippen LogP contribution >= 0.6 is 0 Å². The number of halogens is 2. The minimum Gasteiger partial charge on any atom is -0.339 e. The molecule has 2 fully saturated rings. The van der Waals surface area contributed by atoms with E-state index in [-0.39, 0.29) is 27.8 Å². The van der Waals surface area contributed by atoms with Crippen LogP contribution in [-0.2, 0) is 4.79 Å². The molecule has 1 aromatic carbocycles. The van der Waals surface area contributed by atoms with Gasteiger partial charge in [-0.15, -0.1) is 4.59 Å². The van der Waals surface area contributed by atoms with Crippen molar-refractivity contribution in [3.8, 4) is 0 Å². The largest absolute Gasteiger partial charge is 0.339 e. The molecule has 4 aliphatic rings. The van der Waals surface area contributed by atoms with Gasteiger partial charge in [-0.25, -0.2) is 13.8 Å². The number of pyridine rings is 1. The predicted molar refractivity (Wildman–Crippen MR) is 137 cm³/mol. The summed E-state index contributed by atoms with van der Waals surface area (Å²) >= 11 is 0. The number of nitrogens with zero attached hydrogens (tertiary/aromatic N) is 5. The number of aliphatic imine (C=N–C) groups is 2. The van der Waals surface area contributed by atoms with Crippen LogP contribution in [0.4, 0.5) is 14.6 Å². The van der Waals surface area contributed by atoms with Crippen LogP contribution in [0.2, 0.25) is 0 Å². The van der Waals surface area contributed by atoms with Gasteiger partial charge in [0.25, 0.3) is 18.2 Å². The number of aromatic nitrogens is 1. The lowest BCUT2D eigenvalue weighted by molar-refractivity contribution is -0.750. The zero-order valence-corrected chi connectivity index (χ0v) is 20.4. The van der Waals surface area contributed by atoms with Crippen molar-refractivity contribution >= 4 is 29.7 Å².